The van der Waals surface area contributed by atoms with Gasteiger partial charge in [0.25, 0.3) is 0 Å². The second kappa shape index (κ2) is 8.00. The van der Waals surface area contributed by atoms with E-state index in [1.165, 1.54) is 10.8 Å². The minimum atomic E-state index is -0.104. The van der Waals surface area contributed by atoms with Crippen molar-refractivity contribution in [1.82, 2.24) is 0 Å². The molecule has 0 radical (unpaired) electrons. The summed E-state index contributed by atoms with van der Waals surface area (Å²) in [4.78, 5) is 0. The molecule has 0 amide bonds. The number of hydrogen-bond acceptors (Lipinski definition) is 3. The average Bonchev–Trinajstić information content (AvgIpc) is 2.50. The standard InChI is InChI=1S/C17H23NO2/c1-2-10-19-11-12-20-13-17(18)16-9-5-7-14-6-3-4-8-15(14)16/h3-9,17H,2,10-13,18H2,1H3. The lowest BCUT2D eigenvalue weighted by Crippen LogP contribution is -2.19. The van der Waals surface area contributed by atoms with Crippen LogP contribution in [0.15, 0.2) is 42.5 Å². The first-order valence-corrected chi connectivity index (χ1v) is 7.21. The van der Waals surface area contributed by atoms with Crippen molar-refractivity contribution in [2.24, 2.45) is 5.73 Å². The van der Waals surface area contributed by atoms with Crippen LogP contribution in [-0.2, 0) is 9.47 Å². The predicted molar refractivity (Wildman–Crippen MR) is 82.8 cm³/mol. The van der Waals surface area contributed by atoms with E-state index >= 15 is 0 Å². The Labute approximate surface area is 120 Å². The molecule has 0 spiro atoms. The zero-order valence-electron chi connectivity index (χ0n) is 12.0. The summed E-state index contributed by atoms with van der Waals surface area (Å²) in [5.74, 6) is 0. The Bertz CT molecular complexity index is 522. The van der Waals surface area contributed by atoms with Crippen molar-refractivity contribution in [1.29, 1.82) is 0 Å². The predicted octanol–water partition coefficient (Wildman–Crippen LogP) is 3.28. The van der Waals surface area contributed by atoms with Gasteiger partial charge in [0.1, 0.15) is 0 Å². The van der Waals surface area contributed by atoms with Gasteiger partial charge in [-0.1, -0.05) is 49.4 Å². The van der Waals surface area contributed by atoms with Gasteiger partial charge in [-0.3, -0.25) is 0 Å². The third kappa shape index (κ3) is 4.04. The molecule has 2 aromatic rings. The van der Waals surface area contributed by atoms with Crippen LogP contribution >= 0.6 is 0 Å². The number of fused-ring (bicyclic) bond motifs is 1. The molecular formula is C17H23NO2. The normalized spacial score (nSPS) is 12.7. The highest BCUT2D eigenvalue weighted by Gasteiger charge is 2.09. The molecule has 20 heavy (non-hydrogen) atoms. The number of benzene rings is 2. The monoisotopic (exact) mass is 273 g/mol. The highest BCUT2D eigenvalue weighted by molar-refractivity contribution is 5.86. The van der Waals surface area contributed by atoms with Crippen LogP contribution in [0.5, 0.6) is 0 Å². The number of nitrogens with two attached hydrogens (primary N) is 1. The van der Waals surface area contributed by atoms with E-state index < -0.39 is 0 Å². The molecule has 1 atom stereocenters. The molecule has 0 fully saturated rings. The van der Waals surface area contributed by atoms with Crippen molar-refractivity contribution in [3.8, 4) is 0 Å². The molecule has 0 saturated heterocycles. The van der Waals surface area contributed by atoms with Crippen LogP contribution in [0.4, 0.5) is 0 Å². The quantitative estimate of drug-likeness (QED) is 0.751. The van der Waals surface area contributed by atoms with Gasteiger partial charge in [-0.15, -0.1) is 0 Å². The topological polar surface area (TPSA) is 44.5 Å². The molecule has 1 unspecified atom stereocenters. The molecule has 0 saturated carbocycles. The van der Waals surface area contributed by atoms with Gasteiger partial charge in [0.05, 0.1) is 25.9 Å². The van der Waals surface area contributed by atoms with E-state index in [0.717, 1.165) is 18.6 Å². The largest absolute Gasteiger partial charge is 0.379 e. The summed E-state index contributed by atoms with van der Waals surface area (Å²) >= 11 is 0. The Morgan fingerprint density at radius 3 is 2.55 bits per heavy atom. The van der Waals surface area contributed by atoms with E-state index in [1.54, 1.807) is 0 Å². The van der Waals surface area contributed by atoms with Crippen molar-refractivity contribution in [3.63, 3.8) is 0 Å². The van der Waals surface area contributed by atoms with Crippen molar-refractivity contribution < 1.29 is 9.47 Å². The fraction of sp³-hybridized carbons (Fsp3) is 0.412. The first-order valence-electron chi connectivity index (χ1n) is 7.21. The summed E-state index contributed by atoms with van der Waals surface area (Å²) < 4.78 is 11.0. The minimum Gasteiger partial charge on any atom is -0.379 e. The maximum atomic E-state index is 6.24. The van der Waals surface area contributed by atoms with Crippen molar-refractivity contribution >= 4 is 10.8 Å². The van der Waals surface area contributed by atoms with E-state index in [9.17, 15) is 0 Å². The molecular weight excluding hydrogens is 250 g/mol. The zero-order chi connectivity index (χ0) is 14.2. The lowest BCUT2D eigenvalue weighted by molar-refractivity contribution is 0.0429. The molecule has 3 nitrogen and oxygen atoms in total. The third-order valence-electron chi connectivity index (χ3n) is 3.24. The summed E-state index contributed by atoms with van der Waals surface area (Å²) in [5, 5.41) is 2.42. The van der Waals surface area contributed by atoms with Gasteiger partial charge in [0, 0.05) is 6.61 Å². The highest BCUT2D eigenvalue weighted by atomic mass is 16.5. The fourth-order valence-corrected chi connectivity index (χ4v) is 2.24. The molecule has 2 rings (SSSR count). The Morgan fingerprint density at radius 2 is 1.70 bits per heavy atom. The van der Waals surface area contributed by atoms with E-state index in [-0.39, 0.29) is 6.04 Å². The number of hydrogen-bond donors (Lipinski definition) is 1. The first kappa shape index (κ1) is 15.0. The van der Waals surface area contributed by atoms with Gasteiger partial charge in [-0.2, -0.15) is 0 Å². The van der Waals surface area contributed by atoms with Gasteiger partial charge in [-0.05, 0) is 22.8 Å². The second-order valence-electron chi connectivity index (χ2n) is 4.86. The molecule has 0 aromatic heterocycles. The van der Waals surface area contributed by atoms with Crippen molar-refractivity contribution in [3.05, 3.63) is 48.0 Å². The lowest BCUT2D eigenvalue weighted by Gasteiger charge is -2.15. The Morgan fingerprint density at radius 1 is 0.950 bits per heavy atom. The molecule has 108 valence electrons. The van der Waals surface area contributed by atoms with E-state index in [4.69, 9.17) is 15.2 Å². The maximum Gasteiger partial charge on any atom is 0.0701 e. The summed E-state index contributed by atoms with van der Waals surface area (Å²) in [6.07, 6.45) is 1.04. The molecule has 0 aliphatic carbocycles. The van der Waals surface area contributed by atoms with E-state index in [0.29, 0.717) is 19.8 Å². The van der Waals surface area contributed by atoms with Crippen LogP contribution in [-0.4, -0.2) is 26.4 Å². The Balaban J connectivity index is 1.89. The van der Waals surface area contributed by atoms with Crippen LogP contribution < -0.4 is 5.73 Å². The molecule has 0 aliphatic heterocycles. The molecule has 3 heteroatoms. The number of ether oxygens (including phenoxy) is 2. The van der Waals surface area contributed by atoms with Gasteiger partial charge >= 0.3 is 0 Å². The fourth-order valence-electron chi connectivity index (χ4n) is 2.24. The number of rotatable bonds is 8. The summed E-state index contributed by atoms with van der Waals surface area (Å²) in [6, 6.07) is 14.4. The summed E-state index contributed by atoms with van der Waals surface area (Å²) in [7, 11) is 0. The minimum absolute atomic E-state index is 0.104. The van der Waals surface area contributed by atoms with E-state index in [2.05, 4.69) is 31.2 Å². The van der Waals surface area contributed by atoms with Gasteiger partial charge in [0.2, 0.25) is 0 Å². The second-order valence-corrected chi connectivity index (χ2v) is 4.86. The van der Waals surface area contributed by atoms with Crippen molar-refractivity contribution in [2.45, 2.75) is 19.4 Å². The molecule has 0 bridgehead atoms. The Kier molecular flexibility index (Phi) is 5.99. The first-order chi connectivity index (χ1) is 9.83. The smallest absolute Gasteiger partial charge is 0.0701 e. The van der Waals surface area contributed by atoms with Crippen LogP contribution in [0.2, 0.25) is 0 Å². The van der Waals surface area contributed by atoms with Crippen LogP contribution in [0.3, 0.4) is 0 Å². The van der Waals surface area contributed by atoms with Crippen LogP contribution in [0.25, 0.3) is 10.8 Å². The summed E-state index contributed by atoms with van der Waals surface area (Å²) in [6.45, 7) is 4.63. The van der Waals surface area contributed by atoms with Crippen molar-refractivity contribution in [2.75, 3.05) is 26.4 Å². The van der Waals surface area contributed by atoms with Gasteiger partial charge in [0.15, 0.2) is 0 Å². The molecule has 0 heterocycles. The van der Waals surface area contributed by atoms with Gasteiger partial charge < -0.3 is 15.2 Å². The zero-order valence-corrected chi connectivity index (χ0v) is 12.0. The molecule has 2 aromatic carbocycles. The highest BCUT2D eigenvalue weighted by Crippen LogP contribution is 2.23. The average molecular weight is 273 g/mol. The third-order valence-corrected chi connectivity index (χ3v) is 3.24. The molecule has 2 N–H and O–H groups in total. The maximum absolute atomic E-state index is 6.24. The van der Waals surface area contributed by atoms with E-state index in [1.807, 2.05) is 18.2 Å². The summed E-state index contributed by atoms with van der Waals surface area (Å²) in [5.41, 5.74) is 7.37. The molecule has 0 aliphatic rings. The Hall–Kier alpha value is -1.42. The lowest BCUT2D eigenvalue weighted by atomic mass is 10.00. The van der Waals surface area contributed by atoms with Gasteiger partial charge in [-0.25, -0.2) is 0 Å². The SMILES string of the molecule is CCCOCCOCC(N)c1cccc2ccccc12. The van der Waals surface area contributed by atoms with Crippen LogP contribution in [0.1, 0.15) is 24.9 Å². The van der Waals surface area contributed by atoms with Crippen LogP contribution in [0, 0.1) is 0 Å².